The number of carbonyl (C=O) groups excluding carboxylic acids is 1. The second-order valence-electron chi connectivity index (χ2n) is 9.52. The molecule has 1 fully saturated rings. The number of anilines is 2. The number of rotatable bonds is 7. The van der Waals surface area contributed by atoms with E-state index in [4.69, 9.17) is 12.2 Å². The summed E-state index contributed by atoms with van der Waals surface area (Å²) in [7, 11) is 0. The minimum Gasteiger partial charge on any atom is -0.351 e. The number of nitrogens with one attached hydrogen (secondary N) is 2. The van der Waals surface area contributed by atoms with Gasteiger partial charge in [-0.1, -0.05) is 26.0 Å². The number of pyridine rings is 2. The highest BCUT2D eigenvalue weighted by atomic mass is 32.1. The zero-order valence-electron chi connectivity index (χ0n) is 21.1. The van der Waals surface area contributed by atoms with Gasteiger partial charge in [0.1, 0.15) is 6.04 Å². The fourth-order valence-electron chi connectivity index (χ4n) is 4.65. The molecule has 0 unspecified atom stereocenters. The molecule has 8 heteroatoms. The molecule has 1 aliphatic rings. The lowest BCUT2D eigenvalue weighted by atomic mass is 10.0. The van der Waals surface area contributed by atoms with Crippen LogP contribution in [0.1, 0.15) is 48.6 Å². The number of carbonyl (C=O) groups is 1. The molecule has 0 bridgehead atoms. The third-order valence-electron chi connectivity index (χ3n) is 6.59. The Bertz CT molecular complexity index is 1400. The number of benzene rings is 1. The van der Waals surface area contributed by atoms with Crippen LogP contribution in [0.2, 0.25) is 0 Å². The summed E-state index contributed by atoms with van der Waals surface area (Å²) in [6.45, 7) is 6.42. The van der Waals surface area contributed by atoms with Gasteiger partial charge in [0.05, 0.1) is 24.0 Å². The Kier molecular flexibility index (Phi) is 7.01. The molecule has 7 nitrogen and oxygen atoms in total. The van der Waals surface area contributed by atoms with Crippen LogP contribution in [0, 0.1) is 12.8 Å². The van der Waals surface area contributed by atoms with Crippen molar-refractivity contribution in [3.8, 4) is 0 Å². The predicted molar refractivity (Wildman–Crippen MR) is 150 cm³/mol. The van der Waals surface area contributed by atoms with Crippen molar-refractivity contribution in [1.82, 2.24) is 19.9 Å². The van der Waals surface area contributed by atoms with Gasteiger partial charge in [-0.2, -0.15) is 0 Å². The molecular weight excluding hydrogens is 480 g/mol. The molecule has 4 heterocycles. The van der Waals surface area contributed by atoms with Gasteiger partial charge >= 0.3 is 0 Å². The van der Waals surface area contributed by atoms with Crippen LogP contribution in [0.15, 0.2) is 85.3 Å². The molecule has 3 aromatic heterocycles. The molecule has 2 N–H and O–H groups in total. The fourth-order valence-corrected chi connectivity index (χ4v) is 5.00. The Balaban J connectivity index is 1.55. The van der Waals surface area contributed by atoms with Crippen LogP contribution in [0.5, 0.6) is 0 Å². The normalized spacial score (nSPS) is 17.2. The smallest absolute Gasteiger partial charge is 0.226 e. The fraction of sp³-hybridized carbons (Fsp3) is 0.241. The van der Waals surface area contributed by atoms with E-state index < -0.39 is 0 Å². The number of thiocarbonyl (C=S) groups is 1. The summed E-state index contributed by atoms with van der Waals surface area (Å²) in [5.74, 6) is -0.0977. The number of nitrogens with zero attached hydrogens (tertiary/aromatic N) is 4. The van der Waals surface area contributed by atoms with E-state index in [2.05, 4.69) is 54.5 Å². The molecule has 0 saturated carbocycles. The first-order valence-electron chi connectivity index (χ1n) is 12.4. The van der Waals surface area contributed by atoms with Gasteiger partial charge in [0.15, 0.2) is 5.11 Å². The van der Waals surface area contributed by atoms with E-state index >= 15 is 0 Å². The molecule has 188 valence electrons. The zero-order valence-corrected chi connectivity index (χ0v) is 21.9. The van der Waals surface area contributed by atoms with Crippen LogP contribution in [-0.2, 0) is 11.3 Å². The maximum Gasteiger partial charge on any atom is 0.226 e. The lowest BCUT2D eigenvalue weighted by Gasteiger charge is -2.29. The molecule has 0 spiro atoms. The highest BCUT2D eigenvalue weighted by Crippen LogP contribution is 2.42. The number of hydrogen-bond donors (Lipinski definition) is 2. The van der Waals surface area contributed by atoms with E-state index in [1.165, 1.54) is 0 Å². The minimum absolute atomic E-state index is 0.00495. The summed E-state index contributed by atoms with van der Waals surface area (Å²) in [6.07, 6.45) is 5.70. The Hall–Kier alpha value is -4.04. The largest absolute Gasteiger partial charge is 0.351 e. The summed E-state index contributed by atoms with van der Waals surface area (Å²) in [5, 5.41) is 7.18. The molecule has 0 aliphatic carbocycles. The van der Waals surface area contributed by atoms with Crippen LogP contribution in [0.3, 0.4) is 0 Å². The second kappa shape index (κ2) is 10.5. The number of hydrogen-bond acceptors (Lipinski definition) is 4. The second-order valence-corrected chi connectivity index (χ2v) is 9.91. The summed E-state index contributed by atoms with van der Waals surface area (Å²) >= 11 is 5.90. The van der Waals surface area contributed by atoms with Gasteiger partial charge in [-0.05, 0) is 79.3 Å². The molecule has 1 amide bonds. The summed E-state index contributed by atoms with van der Waals surface area (Å²) in [5.41, 5.74) is 5.72. The van der Waals surface area contributed by atoms with Crippen molar-refractivity contribution >= 4 is 34.6 Å². The maximum absolute atomic E-state index is 12.3. The first kappa shape index (κ1) is 24.6. The van der Waals surface area contributed by atoms with Crippen molar-refractivity contribution in [1.29, 1.82) is 0 Å². The van der Waals surface area contributed by atoms with Crippen molar-refractivity contribution < 1.29 is 4.79 Å². The lowest BCUT2D eigenvalue weighted by Crippen LogP contribution is -2.30. The SMILES string of the molecule is Cc1cc(N2C(=S)N[C@H](c3ccccn3)[C@@H]2c2cccn2Cc2ccccn2)ccc1NC(=O)C(C)C. The van der Waals surface area contributed by atoms with Gasteiger partial charge in [-0.15, -0.1) is 0 Å². The molecular formula is C29H30N6OS. The van der Waals surface area contributed by atoms with E-state index in [9.17, 15) is 4.79 Å². The molecule has 2 atom stereocenters. The monoisotopic (exact) mass is 510 g/mol. The van der Waals surface area contributed by atoms with Crippen LogP contribution in [-0.4, -0.2) is 25.6 Å². The molecule has 5 rings (SSSR count). The summed E-state index contributed by atoms with van der Waals surface area (Å²) < 4.78 is 2.22. The van der Waals surface area contributed by atoms with Crippen molar-refractivity contribution in [2.45, 2.75) is 39.4 Å². The van der Waals surface area contributed by atoms with Crippen LogP contribution >= 0.6 is 12.2 Å². The molecule has 1 aromatic carbocycles. The lowest BCUT2D eigenvalue weighted by molar-refractivity contribution is -0.118. The van der Waals surface area contributed by atoms with Crippen molar-refractivity contribution in [3.63, 3.8) is 0 Å². The van der Waals surface area contributed by atoms with E-state index in [1.54, 1.807) is 0 Å². The molecule has 37 heavy (non-hydrogen) atoms. The molecule has 1 aliphatic heterocycles. The van der Waals surface area contributed by atoms with E-state index in [-0.39, 0.29) is 23.9 Å². The highest BCUT2D eigenvalue weighted by molar-refractivity contribution is 7.80. The van der Waals surface area contributed by atoms with Crippen molar-refractivity contribution in [3.05, 3.63) is 108 Å². The Labute approximate surface area is 222 Å². The zero-order chi connectivity index (χ0) is 25.9. The van der Waals surface area contributed by atoms with Gasteiger partial charge in [-0.25, -0.2) is 0 Å². The van der Waals surface area contributed by atoms with E-state index in [1.807, 2.05) is 81.7 Å². The van der Waals surface area contributed by atoms with Gasteiger partial charge in [-0.3, -0.25) is 14.8 Å². The van der Waals surface area contributed by atoms with Crippen LogP contribution in [0.25, 0.3) is 0 Å². The van der Waals surface area contributed by atoms with E-state index in [0.717, 1.165) is 34.0 Å². The van der Waals surface area contributed by atoms with Crippen LogP contribution < -0.4 is 15.5 Å². The first-order valence-corrected chi connectivity index (χ1v) is 12.8. The Morgan fingerprint density at radius 2 is 1.84 bits per heavy atom. The van der Waals surface area contributed by atoms with Crippen molar-refractivity contribution in [2.75, 3.05) is 10.2 Å². The minimum atomic E-state index is -0.147. The Morgan fingerprint density at radius 3 is 2.51 bits per heavy atom. The molecule has 1 saturated heterocycles. The summed E-state index contributed by atoms with van der Waals surface area (Å²) in [4.78, 5) is 23.6. The van der Waals surface area contributed by atoms with E-state index in [0.29, 0.717) is 11.7 Å². The third-order valence-corrected chi connectivity index (χ3v) is 6.91. The predicted octanol–water partition coefficient (Wildman–Crippen LogP) is 5.41. The maximum atomic E-state index is 12.3. The van der Waals surface area contributed by atoms with Gasteiger partial charge in [0.2, 0.25) is 5.91 Å². The number of aryl methyl sites for hydroxylation is 1. The topological polar surface area (TPSA) is 75.1 Å². The number of amides is 1. The first-order chi connectivity index (χ1) is 17.9. The van der Waals surface area contributed by atoms with Gasteiger partial charge < -0.3 is 20.1 Å². The van der Waals surface area contributed by atoms with Crippen molar-refractivity contribution in [2.24, 2.45) is 5.92 Å². The number of aromatic nitrogens is 3. The van der Waals surface area contributed by atoms with Gasteiger partial charge in [0, 0.05) is 41.6 Å². The standard InChI is InChI=1S/C29H30N6OS/c1-19(2)28(36)32-23-13-12-22(17-20(23)3)35-27(26(33-29(35)37)24-10-5-7-15-31-24)25-11-8-16-34(25)18-21-9-4-6-14-30-21/h4-17,19,26-27H,18H2,1-3H3,(H,32,36)(H,33,37)/t26-,27+/m1/s1. The Morgan fingerprint density at radius 1 is 1.05 bits per heavy atom. The van der Waals surface area contributed by atoms with Crippen LogP contribution in [0.4, 0.5) is 11.4 Å². The average Bonchev–Trinajstić information content (AvgIpc) is 3.49. The molecule has 0 radical (unpaired) electrons. The quantitative estimate of drug-likeness (QED) is 0.324. The summed E-state index contributed by atoms with van der Waals surface area (Å²) in [6, 6.07) is 21.8. The third kappa shape index (κ3) is 5.11. The highest BCUT2D eigenvalue weighted by Gasteiger charge is 2.42. The van der Waals surface area contributed by atoms with Gasteiger partial charge in [0.25, 0.3) is 0 Å². The average molecular weight is 511 g/mol. The molecule has 4 aromatic rings.